The molecule has 0 aromatic carbocycles. The molecule has 0 radical (unpaired) electrons. The third kappa shape index (κ3) is 5.04. The van der Waals surface area contributed by atoms with Gasteiger partial charge in [-0.2, -0.15) is 0 Å². The zero-order valence-corrected chi connectivity index (χ0v) is 15.3. The first-order chi connectivity index (χ1) is 11.7. The summed E-state index contributed by atoms with van der Waals surface area (Å²) < 4.78 is 0. The Bertz CT molecular complexity index is 499. The monoisotopic (exact) mass is 350 g/mol. The Kier molecular flexibility index (Phi) is 6.69. The van der Waals surface area contributed by atoms with Crippen molar-refractivity contribution in [3.8, 4) is 0 Å². The van der Waals surface area contributed by atoms with Gasteiger partial charge in [0.2, 0.25) is 5.91 Å². The smallest absolute Gasteiger partial charge is 0.222 e. The predicted octanol–water partition coefficient (Wildman–Crippen LogP) is 2.62. The molecule has 2 atom stereocenters. The van der Waals surface area contributed by atoms with Gasteiger partial charge in [0.25, 0.3) is 0 Å². The Morgan fingerprint density at radius 1 is 1.25 bits per heavy atom. The van der Waals surface area contributed by atoms with Crippen molar-refractivity contribution in [1.82, 2.24) is 9.80 Å². The summed E-state index contributed by atoms with van der Waals surface area (Å²) in [6.45, 7) is 5.32. The molecule has 0 aliphatic carbocycles. The summed E-state index contributed by atoms with van der Waals surface area (Å²) in [5.41, 5.74) is 0. The van der Waals surface area contributed by atoms with E-state index in [2.05, 4.69) is 22.4 Å². The molecule has 1 amide bonds. The SMILES string of the molecule is O=C(CCCc1cccs1)N1C[C@@H](CN2CCCC2)C[C@H](CO)C1. The Labute approximate surface area is 149 Å². The highest BCUT2D eigenvalue weighted by atomic mass is 32.1. The van der Waals surface area contributed by atoms with Crippen LogP contribution in [0.15, 0.2) is 17.5 Å². The Morgan fingerprint density at radius 2 is 2.04 bits per heavy atom. The number of carbonyl (C=O) groups is 1. The van der Waals surface area contributed by atoms with Gasteiger partial charge in [0.15, 0.2) is 0 Å². The van der Waals surface area contributed by atoms with E-state index in [-0.39, 0.29) is 18.4 Å². The highest BCUT2D eigenvalue weighted by Crippen LogP contribution is 2.25. The number of rotatable bonds is 7. The van der Waals surface area contributed by atoms with Crippen molar-refractivity contribution >= 4 is 17.2 Å². The molecule has 0 unspecified atom stereocenters. The lowest BCUT2D eigenvalue weighted by Crippen LogP contribution is -2.47. The zero-order valence-electron chi connectivity index (χ0n) is 14.5. The van der Waals surface area contributed by atoms with Crippen molar-refractivity contribution < 1.29 is 9.90 Å². The molecule has 3 rings (SSSR count). The van der Waals surface area contributed by atoms with Crippen LogP contribution in [0.3, 0.4) is 0 Å². The molecule has 1 aromatic rings. The highest BCUT2D eigenvalue weighted by molar-refractivity contribution is 7.09. The largest absolute Gasteiger partial charge is 0.396 e. The van der Waals surface area contributed by atoms with E-state index in [9.17, 15) is 9.90 Å². The van der Waals surface area contributed by atoms with Gasteiger partial charge in [-0.25, -0.2) is 0 Å². The van der Waals surface area contributed by atoms with Crippen LogP contribution in [-0.4, -0.2) is 60.1 Å². The lowest BCUT2D eigenvalue weighted by Gasteiger charge is -2.38. The first-order valence-corrected chi connectivity index (χ1v) is 10.3. The lowest BCUT2D eigenvalue weighted by atomic mass is 9.89. The van der Waals surface area contributed by atoms with E-state index in [1.807, 2.05) is 4.90 Å². The number of thiophene rings is 1. The maximum atomic E-state index is 12.6. The van der Waals surface area contributed by atoms with Crippen LogP contribution in [0, 0.1) is 11.8 Å². The molecule has 24 heavy (non-hydrogen) atoms. The number of hydrogen-bond donors (Lipinski definition) is 1. The molecule has 2 fully saturated rings. The van der Waals surface area contributed by atoms with Crippen LogP contribution >= 0.6 is 11.3 Å². The Morgan fingerprint density at radius 3 is 2.75 bits per heavy atom. The first kappa shape index (κ1) is 17.9. The van der Waals surface area contributed by atoms with Crippen molar-refractivity contribution in [3.05, 3.63) is 22.4 Å². The van der Waals surface area contributed by atoms with E-state index in [1.165, 1.54) is 30.8 Å². The van der Waals surface area contributed by atoms with Crippen molar-refractivity contribution in [3.63, 3.8) is 0 Å². The molecule has 5 heteroatoms. The van der Waals surface area contributed by atoms with E-state index in [0.29, 0.717) is 12.3 Å². The molecular weight excluding hydrogens is 320 g/mol. The van der Waals surface area contributed by atoms with Gasteiger partial charge >= 0.3 is 0 Å². The zero-order chi connectivity index (χ0) is 16.8. The maximum Gasteiger partial charge on any atom is 0.222 e. The van der Waals surface area contributed by atoms with Crippen LogP contribution < -0.4 is 0 Å². The summed E-state index contributed by atoms with van der Waals surface area (Å²) >= 11 is 1.77. The van der Waals surface area contributed by atoms with Gasteiger partial charge in [-0.05, 0) is 68.5 Å². The molecule has 1 N–H and O–H groups in total. The number of aliphatic hydroxyl groups is 1. The van der Waals surface area contributed by atoms with Crippen molar-refractivity contribution in [2.45, 2.75) is 38.5 Å². The van der Waals surface area contributed by atoms with Gasteiger partial charge in [0.1, 0.15) is 0 Å². The molecular formula is C19H30N2O2S. The molecule has 0 saturated carbocycles. The third-order valence-electron chi connectivity index (χ3n) is 5.34. The number of aliphatic hydroxyl groups excluding tert-OH is 1. The minimum absolute atomic E-state index is 0.204. The van der Waals surface area contributed by atoms with Crippen molar-refractivity contribution in [1.29, 1.82) is 0 Å². The van der Waals surface area contributed by atoms with E-state index in [4.69, 9.17) is 0 Å². The first-order valence-electron chi connectivity index (χ1n) is 9.38. The summed E-state index contributed by atoms with van der Waals surface area (Å²) in [5.74, 6) is 1.05. The van der Waals surface area contributed by atoms with E-state index < -0.39 is 0 Å². The van der Waals surface area contributed by atoms with Crippen LogP contribution in [0.25, 0.3) is 0 Å². The minimum atomic E-state index is 0.204. The van der Waals surface area contributed by atoms with E-state index in [1.54, 1.807) is 11.3 Å². The van der Waals surface area contributed by atoms with E-state index >= 15 is 0 Å². The number of carbonyl (C=O) groups excluding carboxylic acids is 1. The molecule has 4 nitrogen and oxygen atoms in total. The summed E-state index contributed by atoms with van der Waals surface area (Å²) in [6.07, 6.45) is 6.23. The molecule has 1 aromatic heterocycles. The number of aryl methyl sites for hydroxylation is 1. The number of hydrogen-bond acceptors (Lipinski definition) is 4. The van der Waals surface area contributed by atoms with Gasteiger partial charge in [0.05, 0.1) is 0 Å². The second-order valence-corrected chi connectivity index (χ2v) is 8.42. The quantitative estimate of drug-likeness (QED) is 0.822. The molecule has 134 valence electrons. The molecule has 2 aliphatic heterocycles. The van der Waals surface area contributed by atoms with Crippen LogP contribution in [0.4, 0.5) is 0 Å². The predicted molar refractivity (Wildman–Crippen MR) is 98.2 cm³/mol. The standard InChI is InChI=1S/C19H30N2O2S/c22-15-17-11-16(12-20-8-1-2-9-20)13-21(14-17)19(23)7-3-5-18-6-4-10-24-18/h4,6,10,16-17,22H,1-3,5,7-9,11-15H2/t16-,17+/m1/s1. The molecule has 2 saturated heterocycles. The number of likely N-dealkylation sites (tertiary alicyclic amines) is 2. The third-order valence-corrected chi connectivity index (χ3v) is 6.28. The average Bonchev–Trinajstić information content (AvgIpc) is 3.28. The topological polar surface area (TPSA) is 43.8 Å². The van der Waals surface area contributed by atoms with Crippen LogP contribution in [-0.2, 0) is 11.2 Å². The molecule has 0 bridgehead atoms. The number of piperidine rings is 1. The fourth-order valence-corrected chi connectivity index (χ4v) is 4.89. The van der Waals surface area contributed by atoms with Gasteiger partial charge in [-0.3, -0.25) is 4.79 Å². The average molecular weight is 351 g/mol. The fourth-order valence-electron chi connectivity index (χ4n) is 4.14. The number of amides is 1. The fraction of sp³-hybridized carbons (Fsp3) is 0.737. The summed E-state index contributed by atoms with van der Waals surface area (Å²) in [7, 11) is 0. The number of nitrogens with zero attached hydrogens (tertiary/aromatic N) is 2. The second kappa shape index (κ2) is 8.97. The van der Waals surface area contributed by atoms with Crippen LogP contribution in [0.1, 0.15) is 37.0 Å². The van der Waals surface area contributed by atoms with Gasteiger partial charge in [-0.1, -0.05) is 6.07 Å². The van der Waals surface area contributed by atoms with Gasteiger partial charge < -0.3 is 14.9 Å². The molecule has 2 aliphatic rings. The van der Waals surface area contributed by atoms with Crippen LogP contribution in [0.5, 0.6) is 0 Å². The van der Waals surface area contributed by atoms with Gasteiger partial charge in [-0.15, -0.1) is 11.3 Å². The summed E-state index contributed by atoms with van der Waals surface area (Å²) in [5, 5.41) is 11.7. The summed E-state index contributed by atoms with van der Waals surface area (Å²) in [4.78, 5) is 18.5. The molecule has 3 heterocycles. The second-order valence-electron chi connectivity index (χ2n) is 7.39. The van der Waals surface area contributed by atoms with Crippen LogP contribution in [0.2, 0.25) is 0 Å². The maximum absolute atomic E-state index is 12.6. The Balaban J connectivity index is 1.47. The highest BCUT2D eigenvalue weighted by Gasteiger charge is 2.30. The summed E-state index contributed by atoms with van der Waals surface area (Å²) in [6, 6.07) is 4.21. The molecule has 0 spiro atoms. The minimum Gasteiger partial charge on any atom is -0.396 e. The van der Waals surface area contributed by atoms with Crippen molar-refractivity contribution in [2.24, 2.45) is 11.8 Å². The van der Waals surface area contributed by atoms with E-state index in [0.717, 1.165) is 38.9 Å². The van der Waals surface area contributed by atoms with Gasteiger partial charge in [0, 0.05) is 37.5 Å². The van der Waals surface area contributed by atoms with Crippen molar-refractivity contribution in [2.75, 3.05) is 39.3 Å². The normalized spacial score (nSPS) is 25.3. The lowest BCUT2D eigenvalue weighted by molar-refractivity contribution is -0.134. The Hall–Kier alpha value is -0.910.